The molecule has 0 aliphatic carbocycles. The van der Waals surface area contributed by atoms with Crippen LogP contribution in [0.2, 0.25) is 0 Å². The smallest absolute Gasteiger partial charge is 0.310 e. The molecule has 1 aromatic carbocycles. The molecular formula is C14H10N4O5. The number of hydrogen-bond donors (Lipinski definition) is 1. The summed E-state index contributed by atoms with van der Waals surface area (Å²) < 4.78 is 0. The summed E-state index contributed by atoms with van der Waals surface area (Å²) in [6.45, 7) is 0. The maximum Gasteiger partial charge on any atom is 0.310 e. The van der Waals surface area contributed by atoms with Gasteiger partial charge in [0.25, 0.3) is 5.69 Å². The normalized spacial score (nSPS) is 10.4. The molecule has 0 radical (unpaired) electrons. The van der Waals surface area contributed by atoms with Gasteiger partial charge < -0.3 is 5.32 Å². The van der Waals surface area contributed by atoms with Crippen LogP contribution in [0.4, 0.5) is 17.1 Å². The van der Waals surface area contributed by atoms with Crippen LogP contribution in [0.1, 0.15) is 5.56 Å². The zero-order valence-electron chi connectivity index (χ0n) is 11.6. The Kier molecular flexibility index (Phi) is 4.72. The second kappa shape index (κ2) is 6.89. The summed E-state index contributed by atoms with van der Waals surface area (Å²) in [6, 6.07) is 7.02. The van der Waals surface area contributed by atoms with E-state index >= 15 is 0 Å². The Bertz CT molecular complexity index is 803. The van der Waals surface area contributed by atoms with Crippen molar-refractivity contribution in [1.82, 2.24) is 4.98 Å². The highest BCUT2D eigenvalue weighted by atomic mass is 16.6. The van der Waals surface area contributed by atoms with Gasteiger partial charge >= 0.3 is 5.69 Å². The second-order valence-corrected chi connectivity index (χ2v) is 4.32. The lowest BCUT2D eigenvalue weighted by Crippen LogP contribution is -2.09. The van der Waals surface area contributed by atoms with E-state index in [4.69, 9.17) is 0 Å². The zero-order chi connectivity index (χ0) is 16.8. The number of non-ortho nitro benzene ring substituents is 1. The van der Waals surface area contributed by atoms with E-state index in [0.717, 1.165) is 12.3 Å². The Hall–Kier alpha value is -3.62. The van der Waals surface area contributed by atoms with Gasteiger partial charge in [0.2, 0.25) is 5.91 Å². The third kappa shape index (κ3) is 4.17. The molecule has 0 atom stereocenters. The van der Waals surface area contributed by atoms with Gasteiger partial charge in [-0.25, -0.2) is 0 Å². The maximum atomic E-state index is 11.8. The third-order valence-electron chi connectivity index (χ3n) is 2.76. The molecule has 1 N–H and O–H groups in total. The van der Waals surface area contributed by atoms with Gasteiger partial charge in [0.15, 0.2) is 0 Å². The highest BCUT2D eigenvalue weighted by Gasteiger charge is 2.14. The minimum Gasteiger partial charge on any atom is -0.317 e. The number of carbonyl (C=O) groups is 1. The number of aromatic nitrogens is 1. The number of pyridine rings is 1. The number of amides is 1. The molecule has 0 saturated heterocycles. The van der Waals surface area contributed by atoms with E-state index in [9.17, 15) is 25.0 Å². The predicted octanol–water partition coefficient (Wildman–Crippen LogP) is 2.55. The van der Waals surface area contributed by atoms with Crippen molar-refractivity contribution < 1.29 is 14.6 Å². The van der Waals surface area contributed by atoms with Crippen molar-refractivity contribution in [2.75, 3.05) is 5.32 Å². The molecule has 0 aliphatic rings. The molecule has 2 rings (SSSR count). The van der Waals surface area contributed by atoms with Crippen LogP contribution in [0.5, 0.6) is 0 Å². The van der Waals surface area contributed by atoms with E-state index in [0.29, 0.717) is 5.56 Å². The maximum absolute atomic E-state index is 11.8. The topological polar surface area (TPSA) is 128 Å². The highest BCUT2D eigenvalue weighted by Crippen LogP contribution is 2.22. The number of hydrogen-bond acceptors (Lipinski definition) is 6. The van der Waals surface area contributed by atoms with E-state index in [1.807, 2.05) is 0 Å². The first-order chi connectivity index (χ1) is 11.0. The molecular weight excluding hydrogens is 304 g/mol. The van der Waals surface area contributed by atoms with Gasteiger partial charge in [0.1, 0.15) is 11.9 Å². The Morgan fingerprint density at radius 3 is 2.65 bits per heavy atom. The van der Waals surface area contributed by atoms with Crippen LogP contribution in [-0.4, -0.2) is 20.7 Å². The van der Waals surface area contributed by atoms with Gasteiger partial charge in [0, 0.05) is 24.4 Å². The van der Waals surface area contributed by atoms with Gasteiger partial charge in [0.05, 0.1) is 9.85 Å². The predicted molar refractivity (Wildman–Crippen MR) is 81.7 cm³/mol. The number of anilines is 1. The van der Waals surface area contributed by atoms with Crippen molar-refractivity contribution in [3.8, 4) is 0 Å². The average molecular weight is 314 g/mol. The van der Waals surface area contributed by atoms with Gasteiger partial charge in [-0.05, 0) is 17.7 Å². The van der Waals surface area contributed by atoms with Gasteiger partial charge in [-0.3, -0.25) is 30.0 Å². The Balaban J connectivity index is 2.12. The van der Waals surface area contributed by atoms with Crippen LogP contribution >= 0.6 is 0 Å². The number of nitrogens with one attached hydrogen (secondary N) is 1. The molecule has 2 aromatic rings. The van der Waals surface area contributed by atoms with Crippen molar-refractivity contribution in [1.29, 1.82) is 0 Å². The van der Waals surface area contributed by atoms with Crippen molar-refractivity contribution in [2.24, 2.45) is 0 Å². The fraction of sp³-hybridized carbons (Fsp3) is 0. The Morgan fingerprint density at radius 1 is 1.17 bits per heavy atom. The van der Waals surface area contributed by atoms with Crippen LogP contribution in [0, 0.1) is 20.2 Å². The number of rotatable bonds is 5. The van der Waals surface area contributed by atoms with Crippen LogP contribution in [0.3, 0.4) is 0 Å². The summed E-state index contributed by atoms with van der Waals surface area (Å²) in [5.74, 6) is -0.606. The first-order valence-corrected chi connectivity index (χ1v) is 6.29. The molecule has 0 saturated carbocycles. The minimum atomic E-state index is -0.660. The van der Waals surface area contributed by atoms with Crippen LogP contribution in [0.15, 0.2) is 48.8 Å². The first kappa shape index (κ1) is 15.8. The third-order valence-corrected chi connectivity index (χ3v) is 2.76. The molecule has 0 fully saturated rings. The average Bonchev–Trinajstić information content (AvgIpc) is 2.53. The largest absolute Gasteiger partial charge is 0.317 e. The quantitative estimate of drug-likeness (QED) is 0.513. The number of nitro groups is 2. The van der Waals surface area contributed by atoms with E-state index in [-0.39, 0.29) is 17.1 Å². The fourth-order valence-electron chi connectivity index (χ4n) is 1.73. The molecule has 116 valence electrons. The highest BCUT2D eigenvalue weighted by molar-refractivity contribution is 6.03. The van der Waals surface area contributed by atoms with E-state index in [1.165, 1.54) is 36.5 Å². The Morgan fingerprint density at radius 2 is 1.96 bits per heavy atom. The second-order valence-electron chi connectivity index (χ2n) is 4.32. The van der Waals surface area contributed by atoms with Crippen molar-refractivity contribution in [3.05, 3.63) is 74.6 Å². The first-order valence-electron chi connectivity index (χ1n) is 6.29. The van der Waals surface area contributed by atoms with Crippen LogP contribution < -0.4 is 5.32 Å². The standard InChI is InChI=1S/C14H10N4O5/c19-14(16-12-6-7-15-9-13(12)18(22)23)5-4-10-2-1-3-11(8-10)17(20)21/h1-9H,(H,15,16,19). The monoisotopic (exact) mass is 314 g/mol. The molecule has 1 heterocycles. The fourth-order valence-corrected chi connectivity index (χ4v) is 1.73. The molecule has 1 aromatic heterocycles. The number of benzene rings is 1. The molecule has 1 amide bonds. The number of nitro benzene ring substituents is 1. The number of nitrogens with zero attached hydrogens (tertiary/aromatic N) is 3. The lowest BCUT2D eigenvalue weighted by molar-refractivity contribution is -0.384. The van der Waals surface area contributed by atoms with Crippen molar-refractivity contribution >= 4 is 29.0 Å². The lowest BCUT2D eigenvalue weighted by atomic mass is 10.2. The molecule has 0 bridgehead atoms. The van der Waals surface area contributed by atoms with Crippen molar-refractivity contribution in [2.45, 2.75) is 0 Å². The number of carbonyl (C=O) groups excluding carboxylic acids is 1. The van der Waals surface area contributed by atoms with Gasteiger partial charge in [-0.2, -0.15) is 0 Å². The summed E-state index contributed by atoms with van der Waals surface area (Å²) in [7, 11) is 0. The van der Waals surface area contributed by atoms with Crippen LogP contribution in [0.25, 0.3) is 6.08 Å². The van der Waals surface area contributed by atoms with Crippen LogP contribution in [-0.2, 0) is 4.79 Å². The molecule has 0 unspecified atom stereocenters. The molecule has 9 heteroatoms. The SMILES string of the molecule is O=C(C=Cc1cccc([N+](=O)[O-])c1)Nc1ccncc1[N+](=O)[O-]. The Labute approximate surface area is 129 Å². The zero-order valence-corrected chi connectivity index (χ0v) is 11.6. The van der Waals surface area contributed by atoms with Crippen molar-refractivity contribution in [3.63, 3.8) is 0 Å². The summed E-state index contributed by atoms with van der Waals surface area (Å²) >= 11 is 0. The molecule has 0 aliphatic heterocycles. The van der Waals surface area contributed by atoms with E-state index in [2.05, 4.69) is 10.3 Å². The summed E-state index contributed by atoms with van der Waals surface area (Å²) in [5.41, 5.74) is 0.0409. The van der Waals surface area contributed by atoms with E-state index < -0.39 is 15.8 Å². The van der Waals surface area contributed by atoms with Gasteiger partial charge in [-0.1, -0.05) is 12.1 Å². The summed E-state index contributed by atoms with van der Waals surface area (Å²) in [5, 5.41) is 23.8. The molecule has 23 heavy (non-hydrogen) atoms. The molecule has 0 spiro atoms. The van der Waals surface area contributed by atoms with E-state index in [1.54, 1.807) is 6.07 Å². The minimum absolute atomic E-state index is 0.0127. The summed E-state index contributed by atoms with van der Waals surface area (Å²) in [6.07, 6.45) is 4.84. The van der Waals surface area contributed by atoms with Gasteiger partial charge in [-0.15, -0.1) is 0 Å². The summed E-state index contributed by atoms with van der Waals surface area (Å²) in [4.78, 5) is 35.7. The molecule has 9 nitrogen and oxygen atoms in total. The lowest BCUT2D eigenvalue weighted by Gasteiger charge is -2.02.